The lowest BCUT2D eigenvalue weighted by molar-refractivity contribution is -0.0392. The Bertz CT molecular complexity index is 409. The number of ether oxygens (including phenoxy) is 1. The molecule has 2 N–H and O–H groups in total. The number of rotatable bonds is 4. The Morgan fingerprint density at radius 1 is 1.10 bits per heavy atom. The highest BCUT2D eigenvalue weighted by Crippen LogP contribution is 2.28. The van der Waals surface area contributed by atoms with Crippen LogP contribution in [-0.2, 0) is 11.3 Å². The van der Waals surface area contributed by atoms with Crippen LogP contribution in [0.4, 0.5) is 0 Å². The first-order valence-corrected chi connectivity index (χ1v) is 7.98. The second kappa shape index (κ2) is 6.70. The lowest BCUT2D eigenvalue weighted by Gasteiger charge is -2.37. The van der Waals surface area contributed by atoms with E-state index in [0.29, 0.717) is 18.2 Å². The minimum Gasteiger partial charge on any atom is -0.372 e. The molecule has 3 nitrogen and oxygen atoms in total. The molecule has 20 heavy (non-hydrogen) atoms. The minimum atomic E-state index is 0.367. The van der Waals surface area contributed by atoms with E-state index in [1.54, 1.807) is 0 Å². The van der Waals surface area contributed by atoms with Gasteiger partial charge in [0.05, 0.1) is 12.7 Å². The standard InChI is InChI=1S/C17H26N2O/c18-15-10-11-19(12-15)16-8-4-5-9-17(16)20-13-14-6-2-1-3-7-14/h1-3,6-7,15-17H,4-5,8-13,18H2/t15-,16+,17+/m1/s1. The van der Waals surface area contributed by atoms with Crippen LogP contribution in [0, 0.1) is 0 Å². The molecule has 2 aliphatic rings. The summed E-state index contributed by atoms with van der Waals surface area (Å²) in [5, 5.41) is 0. The molecule has 3 atom stereocenters. The average Bonchev–Trinajstić information content (AvgIpc) is 2.93. The van der Waals surface area contributed by atoms with Crippen molar-refractivity contribution < 1.29 is 4.74 Å². The molecule has 3 rings (SSSR count). The molecule has 2 fully saturated rings. The molecule has 3 heteroatoms. The molecule has 1 heterocycles. The minimum absolute atomic E-state index is 0.367. The number of nitrogens with zero attached hydrogens (tertiary/aromatic N) is 1. The zero-order valence-corrected chi connectivity index (χ0v) is 12.2. The fourth-order valence-corrected chi connectivity index (χ4v) is 3.58. The van der Waals surface area contributed by atoms with E-state index in [-0.39, 0.29) is 0 Å². The normalized spacial score (nSPS) is 31.6. The van der Waals surface area contributed by atoms with Crippen molar-refractivity contribution in [1.82, 2.24) is 4.90 Å². The number of hydrogen-bond acceptors (Lipinski definition) is 3. The van der Waals surface area contributed by atoms with E-state index in [2.05, 4.69) is 35.2 Å². The topological polar surface area (TPSA) is 38.5 Å². The van der Waals surface area contributed by atoms with E-state index in [4.69, 9.17) is 10.5 Å². The molecule has 1 aliphatic heterocycles. The number of nitrogens with two attached hydrogens (primary N) is 1. The average molecular weight is 274 g/mol. The van der Waals surface area contributed by atoms with Crippen LogP contribution in [0.2, 0.25) is 0 Å². The SMILES string of the molecule is N[C@@H]1CCN([C@H]2CCCC[C@@H]2OCc2ccccc2)C1. The van der Waals surface area contributed by atoms with Gasteiger partial charge in [0.2, 0.25) is 0 Å². The van der Waals surface area contributed by atoms with Crippen LogP contribution in [-0.4, -0.2) is 36.2 Å². The van der Waals surface area contributed by atoms with Gasteiger partial charge in [-0.3, -0.25) is 4.90 Å². The number of hydrogen-bond donors (Lipinski definition) is 1. The lowest BCUT2D eigenvalue weighted by Crippen LogP contribution is -2.46. The lowest BCUT2D eigenvalue weighted by atomic mass is 9.91. The van der Waals surface area contributed by atoms with Crippen molar-refractivity contribution in [2.45, 2.75) is 56.9 Å². The van der Waals surface area contributed by atoms with Gasteiger partial charge in [-0.15, -0.1) is 0 Å². The van der Waals surface area contributed by atoms with Gasteiger partial charge in [-0.25, -0.2) is 0 Å². The zero-order chi connectivity index (χ0) is 13.8. The monoisotopic (exact) mass is 274 g/mol. The van der Waals surface area contributed by atoms with Gasteiger partial charge in [0.1, 0.15) is 0 Å². The van der Waals surface area contributed by atoms with E-state index in [1.807, 2.05) is 0 Å². The van der Waals surface area contributed by atoms with Crippen LogP contribution < -0.4 is 5.73 Å². The summed E-state index contributed by atoms with van der Waals surface area (Å²) in [4.78, 5) is 2.57. The molecule has 0 amide bonds. The predicted molar refractivity (Wildman–Crippen MR) is 81.4 cm³/mol. The molecule has 1 aromatic rings. The Morgan fingerprint density at radius 2 is 1.90 bits per heavy atom. The fourth-order valence-electron chi connectivity index (χ4n) is 3.58. The zero-order valence-electron chi connectivity index (χ0n) is 12.2. The van der Waals surface area contributed by atoms with Crippen LogP contribution in [0.25, 0.3) is 0 Å². The number of likely N-dealkylation sites (tertiary alicyclic amines) is 1. The smallest absolute Gasteiger partial charge is 0.0734 e. The first-order chi connectivity index (χ1) is 9.83. The Kier molecular flexibility index (Phi) is 4.71. The molecular formula is C17H26N2O. The molecule has 0 unspecified atom stereocenters. The van der Waals surface area contributed by atoms with Gasteiger partial charge < -0.3 is 10.5 Å². The van der Waals surface area contributed by atoms with Crippen molar-refractivity contribution in [1.29, 1.82) is 0 Å². The molecule has 1 saturated carbocycles. The molecular weight excluding hydrogens is 248 g/mol. The molecule has 1 saturated heterocycles. The van der Waals surface area contributed by atoms with Crippen LogP contribution in [0.1, 0.15) is 37.7 Å². The molecule has 0 radical (unpaired) electrons. The molecule has 110 valence electrons. The van der Waals surface area contributed by atoms with Crippen molar-refractivity contribution >= 4 is 0 Å². The highest BCUT2D eigenvalue weighted by atomic mass is 16.5. The van der Waals surface area contributed by atoms with Crippen molar-refractivity contribution in [3.05, 3.63) is 35.9 Å². The van der Waals surface area contributed by atoms with Gasteiger partial charge >= 0.3 is 0 Å². The highest BCUT2D eigenvalue weighted by Gasteiger charge is 2.34. The van der Waals surface area contributed by atoms with Gasteiger partial charge in [0.25, 0.3) is 0 Å². The summed E-state index contributed by atoms with van der Waals surface area (Å²) >= 11 is 0. The summed E-state index contributed by atoms with van der Waals surface area (Å²) in [6, 6.07) is 11.5. The van der Waals surface area contributed by atoms with Gasteiger partial charge in [-0.1, -0.05) is 43.2 Å². The van der Waals surface area contributed by atoms with E-state index in [9.17, 15) is 0 Å². The molecule has 0 bridgehead atoms. The van der Waals surface area contributed by atoms with Crippen LogP contribution in [0.15, 0.2) is 30.3 Å². The van der Waals surface area contributed by atoms with Gasteiger partial charge in [0, 0.05) is 25.2 Å². The third-order valence-electron chi connectivity index (χ3n) is 4.70. The Morgan fingerprint density at radius 3 is 2.65 bits per heavy atom. The Labute approximate surface area is 122 Å². The first-order valence-electron chi connectivity index (χ1n) is 7.98. The molecule has 1 aromatic carbocycles. The van der Waals surface area contributed by atoms with Gasteiger partial charge in [-0.05, 0) is 24.8 Å². The summed E-state index contributed by atoms with van der Waals surface area (Å²) in [5.74, 6) is 0. The van der Waals surface area contributed by atoms with E-state index < -0.39 is 0 Å². The van der Waals surface area contributed by atoms with E-state index in [0.717, 1.165) is 26.1 Å². The van der Waals surface area contributed by atoms with Crippen LogP contribution in [0.5, 0.6) is 0 Å². The maximum atomic E-state index is 6.25. The number of benzene rings is 1. The first kappa shape index (κ1) is 14.1. The third kappa shape index (κ3) is 3.40. The summed E-state index contributed by atoms with van der Waals surface area (Å²) in [6.45, 7) is 2.94. The highest BCUT2D eigenvalue weighted by molar-refractivity contribution is 5.13. The van der Waals surface area contributed by atoms with E-state index in [1.165, 1.54) is 31.2 Å². The quantitative estimate of drug-likeness (QED) is 0.917. The van der Waals surface area contributed by atoms with Crippen molar-refractivity contribution in [2.75, 3.05) is 13.1 Å². The second-order valence-corrected chi connectivity index (χ2v) is 6.23. The second-order valence-electron chi connectivity index (χ2n) is 6.23. The van der Waals surface area contributed by atoms with Crippen molar-refractivity contribution in [2.24, 2.45) is 5.73 Å². The Hall–Kier alpha value is -0.900. The van der Waals surface area contributed by atoms with Gasteiger partial charge in [0.15, 0.2) is 0 Å². The summed E-state index contributed by atoms with van der Waals surface area (Å²) in [7, 11) is 0. The van der Waals surface area contributed by atoms with E-state index >= 15 is 0 Å². The maximum absolute atomic E-state index is 6.25. The molecule has 0 aromatic heterocycles. The van der Waals surface area contributed by atoms with Crippen molar-refractivity contribution in [3.63, 3.8) is 0 Å². The predicted octanol–water partition coefficient (Wildman–Crippen LogP) is 2.55. The largest absolute Gasteiger partial charge is 0.372 e. The fraction of sp³-hybridized carbons (Fsp3) is 0.647. The van der Waals surface area contributed by atoms with Crippen LogP contribution in [0.3, 0.4) is 0 Å². The summed E-state index contributed by atoms with van der Waals surface area (Å²) in [5.41, 5.74) is 7.33. The van der Waals surface area contributed by atoms with Crippen LogP contribution >= 0.6 is 0 Å². The molecule has 0 spiro atoms. The van der Waals surface area contributed by atoms with Crippen molar-refractivity contribution in [3.8, 4) is 0 Å². The maximum Gasteiger partial charge on any atom is 0.0734 e. The third-order valence-corrected chi connectivity index (χ3v) is 4.70. The summed E-state index contributed by atoms with van der Waals surface area (Å²) < 4.78 is 6.25. The Balaban J connectivity index is 1.58. The summed E-state index contributed by atoms with van der Waals surface area (Å²) in [6.07, 6.45) is 6.63. The van der Waals surface area contributed by atoms with Gasteiger partial charge in [-0.2, -0.15) is 0 Å². The molecule has 1 aliphatic carbocycles.